The Bertz CT molecular complexity index is 1240. The molecule has 0 unspecified atom stereocenters. The second-order valence-electron chi connectivity index (χ2n) is 8.44. The Morgan fingerprint density at radius 1 is 0.906 bits per heavy atom. The molecular weight excluding hydrogens is 406 g/mol. The van der Waals surface area contributed by atoms with E-state index in [0.29, 0.717) is 23.0 Å². The van der Waals surface area contributed by atoms with E-state index in [9.17, 15) is 9.59 Å². The lowest BCUT2D eigenvalue weighted by Gasteiger charge is -2.20. The number of oxazole rings is 1. The van der Waals surface area contributed by atoms with Crippen molar-refractivity contribution < 1.29 is 14.0 Å². The quantitative estimate of drug-likeness (QED) is 0.583. The van der Waals surface area contributed by atoms with Gasteiger partial charge in [0.1, 0.15) is 11.5 Å². The minimum atomic E-state index is -0.841. The van der Waals surface area contributed by atoms with E-state index in [1.54, 1.807) is 0 Å². The average Bonchev–Trinajstić information content (AvgIpc) is 3.38. The summed E-state index contributed by atoms with van der Waals surface area (Å²) < 4.78 is 5.85. The zero-order valence-electron chi connectivity index (χ0n) is 18.4. The van der Waals surface area contributed by atoms with Gasteiger partial charge in [0, 0.05) is 5.56 Å². The van der Waals surface area contributed by atoms with Gasteiger partial charge in [0.15, 0.2) is 12.1 Å². The van der Waals surface area contributed by atoms with Gasteiger partial charge in [-0.1, -0.05) is 29.0 Å². The van der Waals surface area contributed by atoms with E-state index in [2.05, 4.69) is 15.3 Å². The van der Waals surface area contributed by atoms with Gasteiger partial charge in [0.25, 0.3) is 11.8 Å². The maximum atomic E-state index is 13.3. The van der Waals surface area contributed by atoms with Crippen molar-refractivity contribution in [3.05, 3.63) is 70.6 Å². The molecule has 2 amide bonds. The van der Waals surface area contributed by atoms with Crippen LogP contribution in [0.2, 0.25) is 0 Å². The van der Waals surface area contributed by atoms with Crippen LogP contribution in [0.5, 0.6) is 0 Å². The maximum absolute atomic E-state index is 13.3. The van der Waals surface area contributed by atoms with Gasteiger partial charge >= 0.3 is 0 Å². The molecule has 0 radical (unpaired) electrons. The highest BCUT2D eigenvalue weighted by Gasteiger charge is 2.55. The van der Waals surface area contributed by atoms with Crippen LogP contribution in [0.15, 0.2) is 57.2 Å². The van der Waals surface area contributed by atoms with E-state index in [1.807, 2.05) is 70.2 Å². The van der Waals surface area contributed by atoms with E-state index < -0.39 is 12.1 Å². The number of aryl methyl sites for hydroxylation is 4. The molecule has 2 atom stereocenters. The minimum absolute atomic E-state index is 0.228. The summed E-state index contributed by atoms with van der Waals surface area (Å²) in [5, 5.41) is 9.77. The number of anilines is 1. The molecule has 32 heavy (non-hydrogen) atoms. The maximum Gasteiger partial charge on any atom is 0.263 e. The molecule has 1 aromatic heterocycles. The molecule has 162 valence electrons. The van der Waals surface area contributed by atoms with Crippen molar-refractivity contribution >= 4 is 17.5 Å². The van der Waals surface area contributed by atoms with Crippen LogP contribution < -0.4 is 4.90 Å². The number of rotatable bonds is 4. The first-order valence-corrected chi connectivity index (χ1v) is 10.5. The summed E-state index contributed by atoms with van der Waals surface area (Å²) in [4.78, 5) is 32.1. The van der Waals surface area contributed by atoms with Crippen LogP contribution in [0.1, 0.15) is 28.1 Å². The van der Waals surface area contributed by atoms with Crippen molar-refractivity contribution in [2.45, 2.75) is 46.3 Å². The largest absolute Gasteiger partial charge is 0.441 e. The third-order valence-electron chi connectivity index (χ3n) is 5.83. The fraction of sp³-hybridized carbons (Fsp3) is 0.292. The third kappa shape index (κ3) is 3.28. The Balaban J connectivity index is 1.40. The SMILES string of the molecule is Cc1ccc(-c2nc(CN3N=N[C@H]4C(=O)N(c5cc(C)cc(C)c5)C(=O)[C@H]43)c(C)o2)cc1. The van der Waals surface area contributed by atoms with Gasteiger partial charge in [-0.3, -0.25) is 14.6 Å². The number of hydrogen-bond donors (Lipinski definition) is 0. The first-order chi connectivity index (χ1) is 15.3. The van der Waals surface area contributed by atoms with Gasteiger partial charge in [-0.25, -0.2) is 9.88 Å². The molecule has 0 saturated carbocycles. The van der Waals surface area contributed by atoms with Gasteiger partial charge < -0.3 is 4.42 Å². The number of imide groups is 1. The van der Waals surface area contributed by atoms with Gasteiger partial charge in [-0.05, 0) is 63.1 Å². The summed E-state index contributed by atoms with van der Waals surface area (Å²) in [6, 6.07) is 12.0. The number of aromatic nitrogens is 1. The van der Waals surface area contributed by atoms with Crippen molar-refractivity contribution in [2.75, 3.05) is 4.90 Å². The van der Waals surface area contributed by atoms with Crippen molar-refractivity contribution in [1.29, 1.82) is 0 Å². The molecule has 2 aliphatic rings. The second kappa shape index (κ2) is 7.40. The molecule has 5 rings (SSSR count). The lowest BCUT2D eigenvalue weighted by molar-refractivity contribution is -0.123. The predicted molar refractivity (Wildman–Crippen MR) is 118 cm³/mol. The number of nitrogens with zero attached hydrogens (tertiary/aromatic N) is 5. The number of carbonyl (C=O) groups is 2. The summed E-state index contributed by atoms with van der Waals surface area (Å²) in [7, 11) is 0. The number of fused-ring (bicyclic) bond motifs is 1. The lowest BCUT2D eigenvalue weighted by atomic mass is 10.1. The van der Waals surface area contributed by atoms with Gasteiger partial charge in [0.05, 0.1) is 12.2 Å². The molecule has 0 aliphatic carbocycles. The first-order valence-electron chi connectivity index (χ1n) is 10.5. The molecule has 2 aromatic carbocycles. The van der Waals surface area contributed by atoms with Crippen LogP contribution in [-0.2, 0) is 16.1 Å². The average molecular weight is 429 g/mol. The molecule has 3 aromatic rings. The summed E-state index contributed by atoms with van der Waals surface area (Å²) in [6.45, 7) is 7.95. The summed E-state index contributed by atoms with van der Waals surface area (Å²) in [5.41, 5.74) is 5.22. The van der Waals surface area contributed by atoms with Crippen molar-refractivity contribution in [3.63, 3.8) is 0 Å². The van der Waals surface area contributed by atoms with Crippen LogP contribution in [-0.4, -0.2) is 33.9 Å². The number of benzene rings is 2. The van der Waals surface area contributed by atoms with Crippen molar-refractivity contribution in [1.82, 2.24) is 9.99 Å². The highest BCUT2D eigenvalue weighted by molar-refractivity contribution is 6.25. The smallest absolute Gasteiger partial charge is 0.263 e. The molecule has 1 fully saturated rings. The molecule has 0 N–H and O–H groups in total. The lowest BCUT2D eigenvalue weighted by Crippen LogP contribution is -2.39. The van der Waals surface area contributed by atoms with E-state index in [4.69, 9.17) is 4.42 Å². The van der Waals surface area contributed by atoms with Crippen LogP contribution in [0.4, 0.5) is 5.69 Å². The van der Waals surface area contributed by atoms with E-state index in [-0.39, 0.29) is 18.4 Å². The van der Waals surface area contributed by atoms with Crippen LogP contribution in [0.25, 0.3) is 11.5 Å². The van der Waals surface area contributed by atoms with Crippen molar-refractivity contribution in [3.8, 4) is 11.5 Å². The standard InChI is InChI=1S/C24H23N5O3/c1-13-5-7-17(8-6-13)22-25-19(16(4)32-22)12-28-21-20(26-27-28)23(30)29(24(21)31)18-10-14(2)9-15(3)11-18/h5-11,20-21H,12H2,1-4H3/t20-,21+/m1/s1. The van der Waals surface area contributed by atoms with Crippen LogP contribution in [0, 0.1) is 27.7 Å². The van der Waals surface area contributed by atoms with Crippen LogP contribution in [0.3, 0.4) is 0 Å². The topological polar surface area (TPSA) is 91.4 Å². The van der Waals surface area contributed by atoms with Gasteiger partial charge in [-0.2, -0.15) is 5.11 Å². The number of amides is 2. The number of carbonyl (C=O) groups excluding carboxylic acids is 2. The Hall–Kier alpha value is -3.81. The molecule has 8 heteroatoms. The first kappa shape index (κ1) is 20.1. The molecular formula is C24H23N5O3. The highest BCUT2D eigenvalue weighted by Crippen LogP contribution is 2.34. The van der Waals surface area contributed by atoms with E-state index in [0.717, 1.165) is 22.3 Å². The Kier molecular flexibility index (Phi) is 4.65. The zero-order chi connectivity index (χ0) is 22.6. The molecule has 0 bridgehead atoms. The van der Waals surface area contributed by atoms with Crippen LogP contribution >= 0.6 is 0 Å². The fourth-order valence-corrected chi connectivity index (χ4v) is 4.24. The molecule has 1 saturated heterocycles. The van der Waals surface area contributed by atoms with Gasteiger partial charge in [0.2, 0.25) is 5.89 Å². The normalized spacial score (nSPS) is 19.9. The minimum Gasteiger partial charge on any atom is -0.441 e. The Morgan fingerprint density at radius 3 is 2.28 bits per heavy atom. The molecule has 0 spiro atoms. The molecule has 8 nitrogen and oxygen atoms in total. The Morgan fingerprint density at radius 2 is 1.59 bits per heavy atom. The summed E-state index contributed by atoms with van der Waals surface area (Å²) in [6.07, 6.45) is 0. The molecule has 3 heterocycles. The summed E-state index contributed by atoms with van der Waals surface area (Å²) in [5.74, 6) is 0.474. The second-order valence-corrected chi connectivity index (χ2v) is 8.44. The van der Waals surface area contributed by atoms with E-state index >= 15 is 0 Å². The van der Waals surface area contributed by atoms with Crippen molar-refractivity contribution in [2.24, 2.45) is 10.3 Å². The monoisotopic (exact) mass is 429 g/mol. The molecule has 2 aliphatic heterocycles. The Labute approximate surface area is 185 Å². The number of hydrogen-bond acceptors (Lipinski definition) is 7. The summed E-state index contributed by atoms with van der Waals surface area (Å²) >= 11 is 0. The highest BCUT2D eigenvalue weighted by atomic mass is 16.4. The fourth-order valence-electron chi connectivity index (χ4n) is 4.24. The van der Waals surface area contributed by atoms with E-state index in [1.165, 1.54) is 9.91 Å². The predicted octanol–water partition coefficient (Wildman–Crippen LogP) is 4.07. The third-order valence-corrected chi connectivity index (χ3v) is 5.83. The van der Waals surface area contributed by atoms with Gasteiger partial charge in [-0.15, -0.1) is 0 Å². The zero-order valence-corrected chi connectivity index (χ0v) is 18.4.